The number of rotatable bonds is 4. The molecule has 4 rings (SSSR count). The molecule has 3 aromatic heterocycles. The number of ketones is 1. The highest BCUT2D eigenvalue weighted by molar-refractivity contribution is 6.11. The van der Waals surface area contributed by atoms with Gasteiger partial charge < -0.3 is 9.30 Å². The molecule has 0 aliphatic rings. The molecule has 0 unspecified atom stereocenters. The molecule has 4 aromatic rings. The minimum atomic E-state index is -0.576. The normalized spacial score (nSPS) is 12.5. The Bertz CT molecular complexity index is 1380. The summed E-state index contributed by atoms with van der Waals surface area (Å²) in [5, 5.41) is 5.25. The lowest BCUT2D eigenvalue weighted by Gasteiger charge is -2.19. The first-order valence-electron chi connectivity index (χ1n) is 11.0. The van der Waals surface area contributed by atoms with E-state index < -0.39 is 11.0 Å². The van der Waals surface area contributed by atoms with Gasteiger partial charge in [0.05, 0.1) is 5.69 Å². The Hall–Kier alpha value is -3.48. The van der Waals surface area contributed by atoms with Crippen molar-refractivity contribution in [2.24, 2.45) is 5.41 Å². The number of benzene rings is 1. The third-order valence-corrected chi connectivity index (χ3v) is 5.30. The van der Waals surface area contributed by atoms with Crippen molar-refractivity contribution in [1.82, 2.24) is 19.2 Å². The Kier molecular flexibility index (Phi) is 5.39. The number of hydrogen-bond acceptors (Lipinski definition) is 5. The highest BCUT2D eigenvalue weighted by atomic mass is 16.6. The molecule has 7 heteroatoms. The molecule has 33 heavy (non-hydrogen) atoms. The number of carbonyl (C=O) groups is 2. The molecular weight excluding hydrogens is 416 g/mol. The number of nitrogens with zero attached hydrogens (tertiary/aromatic N) is 4. The second kappa shape index (κ2) is 7.83. The Labute approximate surface area is 193 Å². The Balaban J connectivity index is 1.82. The maximum Gasteiger partial charge on any atom is 0.326 e. The van der Waals surface area contributed by atoms with Gasteiger partial charge in [0.1, 0.15) is 12.1 Å². The van der Waals surface area contributed by atoms with Crippen molar-refractivity contribution in [1.29, 1.82) is 0 Å². The minimum Gasteiger partial charge on any atom is -0.459 e. The molecule has 0 radical (unpaired) electrons. The molecule has 1 aromatic carbocycles. The molecule has 0 atom stereocenters. The third kappa shape index (κ3) is 4.67. The first-order chi connectivity index (χ1) is 15.3. The zero-order valence-electron chi connectivity index (χ0n) is 20.3. The Morgan fingerprint density at radius 2 is 1.73 bits per heavy atom. The van der Waals surface area contributed by atoms with Crippen molar-refractivity contribution in [3.63, 3.8) is 0 Å². The zero-order valence-corrected chi connectivity index (χ0v) is 20.3. The van der Waals surface area contributed by atoms with Gasteiger partial charge >= 0.3 is 5.97 Å². The summed E-state index contributed by atoms with van der Waals surface area (Å²) in [6.45, 7) is 13.2. The molecule has 172 valence electrons. The second-order valence-corrected chi connectivity index (χ2v) is 10.5. The molecule has 0 bridgehead atoms. The van der Waals surface area contributed by atoms with Gasteiger partial charge in [0.25, 0.3) is 0 Å². The van der Waals surface area contributed by atoms with Crippen molar-refractivity contribution in [2.75, 3.05) is 0 Å². The highest BCUT2D eigenvalue weighted by Crippen LogP contribution is 2.32. The van der Waals surface area contributed by atoms with E-state index in [9.17, 15) is 9.59 Å². The van der Waals surface area contributed by atoms with E-state index in [1.807, 2.05) is 78.9 Å². The summed E-state index contributed by atoms with van der Waals surface area (Å²) in [6.07, 6.45) is 5.50. The van der Waals surface area contributed by atoms with Crippen LogP contribution in [0.1, 0.15) is 57.6 Å². The Morgan fingerprint density at radius 3 is 2.39 bits per heavy atom. The molecular formula is C26H30N4O3. The van der Waals surface area contributed by atoms with Crippen molar-refractivity contribution in [2.45, 2.75) is 60.6 Å². The number of aromatic nitrogens is 4. The standard InChI is InChI=1S/C26H30N4O3/c1-16-10-22-27-12-18(13-30(22)28-16)17-8-9-21-19(11-17)20(24(32)25(2,3)4)14-29(21)15-23(31)33-26(5,6)7/h8-14H,15H2,1-7H3. The van der Waals surface area contributed by atoms with Gasteiger partial charge in [-0.1, -0.05) is 26.8 Å². The lowest BCUT2D eigenvalue weighted by Crippen LogP contribution is -2.26. The van der Waals surface area contributed by atoms with Crippen molar-refractivity contribution in [3.8, 4) is 11.1 Å². The van der Waals surface area contributed by atoms with Crippen LogP contribution in [0.2, 0.25) is 0 Å². The maximum absolute atomic E-state index is 13.3. The average Bonchev–Trinajstić information content (AvgIpc) is 3.23. The van der Waals surface area contributed by atoms with E-state index in [0.717, 1.165) is 33.4 Å². The topological polar surface area (TPSA) is 78.5 Å². The minimum absolute atomic E-state index is 0.0175. The van der Waals surface area contributed by atoms with Crippen LogP contribution in [0.15, 0.2) is 42.9 Å². The van der Waals surface area contributed by atoms with Crippen LogP contribution in [0.4, 0.5) is 0 Å². The second-order valence-electron chi connectivity index (χ2n) is 10.5. The summed E-state index contributed by atoms with van der Waals surface area (Å²) in [4.78, 5) is 30.3. The predicted molar refractivity (Wildman–Crippen MR) is 128 cm³/mol. The van der Waals surface area contributed by atoms with Crippen LogP contribution < -0.4 is 0 Å². The zero-order chi connectivity index (χ0) is 24.1. The molecule has 0 spiro atoms. The van der Waals surface area contributed by atoms with E-state index in [0.29, 0.717) is 5.56 Å². The monoisotopic (exact) mass is 446 g/mol. The molecule has 0 saturated heterocycles. The van der Waals surface area contributed by atoms with Crippen LogP contribution in [0, 0.1) is 12.3 Å². The number of aryl methyl sites for hydroxylation is 1. The van der Waals surface area contributed by atoms with Crippen LogP contribution in [-0.4, -0.2) is 36.5 Å². The molecule has 0 N–H and O–H groups in total. The van der Waals surface area contributed by atoms with Gasteiger partial charge in [0.15, 0.2) is 11.4 Å². The first kappa shape index (κ1) is 22.7. The van der Waals surface area contributed by atoms with Crippen molar-refractivity contribution in [3.05, 3.63) is 54.1 Å². The van der Waals surface area contributed by atoms with E-state index in [1.54, 1.807) is 21.5 Å². The quantitative estimate of drug-likeness (QED) is 0.317. The summed E-state index contributed by atoms with van der Waals surface area (Å²) in [5.74, 6) is -0.328. The molecule has 0 fully saturated rings. The smallest absolute Gasteiger partial charge is 0.326 e. The van der Waals surface area contributed by atoms with Crippen LogP contribution in [0.3, 0.4) is 0 Å². The number of ether oxygens (including phenoxy) is 1. The van der Waals surface area contributed by atoms with Crippen LogP contribution in [0.5, 0.6) is 0 Å². The fraction of sp³-hybridized carbons (Fsp3) is 0.385. The SMILES string of the molecule is Cc1cc2ncc(-c3ccc4c(c3)c(C(=O)C(C)(C)C)cn4CC(=O)OC(C)(C)C)cn2n1. The summed E-state index contributed by atoms with van der Waals surface area (Å²) in [7, 11) is 0. The molecule has 0 saturated carbocycles. The predicted octanol–water partition coefficient (Wildman–Crippen LogP) is 5.23. The van der Waals surface area contributed by atoms with Gasteiger partial charge in [-0.2, -0.15) is 5.10 Å². The summed E-state index contributed by atoms with van der Waals surface area (Å²) < 4.78 is 9.05. The van der Waals surface area contributed by atoms with Crippen molar-refractivity contribution >= 4 is 28.3 Å². The number of fused-ring (bicyclic) bond motifs is 2. The van der Waals surface area contributed by atoms with Gasteiger partial charge in [-0.3, -0.25) is 9.59 Å². The fourth-order valence-corrected chi connectivity index (χ4v) is 3.85. The summed E-state index contributed by atoms with van der Waals surface area (Å²) >= 11 is 0. The lowest BCUT2D eigenvalue weighted by atomic mass is 9.86. The number of hydrogen-bond donors (Lipinski definition) is 0. The molecule has 0 amide bonds. The average molecular weight is 447 g/mol. The highest BCUT2D eigenvalue weighted by Gasteiger charge is 2.27. The fourth-order valence-electron chi connectivity index (χ4n) is 3.85. The Morgan fingerprint density at radius 1 is 1.00 bits per heavy atom. The summed E-state index contributed by atoms with van der Waals surface area (Å²) in [5.41, 5.74) is 3.75. The molecule has 0 aliphatic carbocycles. The maximum atomic E-state index is 13.3. The van der Waals surface area contributed by atoms with Crippen LogP contribution >= 0.6 is 0 Å². The first-order valence-corrected chi connectivity index (χ1v) is 11.0. The molecule has 0 aliphatic heterocycles. The van der Waals surface area contributed by atoms with Gasteiger partial charge in [0.2, 0.25) is 0 Å². The van der Waals surface area contributed by atoms with E-state index >= 15 is 0 Å². The third-order valence-electron chi connectivity index (χ3n) is 5.30. The number of esters is 1. The number of Topliss-reactive ketones (excluding diaryl/α,β-unsaturated/α-hetero) is 1. The number of carbonyl (C=O) groups excluding carboxylic acids is 2. The summed E-state index contributed by atoms with van der Waals surface area (Å²) in [6, 6.07) is 7.81. The molecule has 3 heterocycles. The largest absolute Gasteiger partial charge is 0.459 e. The van der Waals surface area contributed by atoms with Crippen LogP contribution in [-0.2, 0) is 16.1 Å². The van der Waals surface area contributed by atoms with Gasteiger partial charge in [0, 0.05) is 52.1 Å². The van der Waals surface area contributed by atoms with Gasteiger partial charge in [-0.15, -0.1) is 0 Å². The van der Waals surface area contributed by atoms with Crippen LogP contribution in [0.25, 0.3) is 27.7 Å². The lowest BCUT2D eigenvalue weighted by molar-refractivity contribution is -0.155. The van der Waals surface area contributed by atoms with Gasteiger partial charge in [-0.05, 0) is 45.4 Å². The van der Waals surface area contributed by atoms with Crippen molar-refractivity contribution < 1.29 is 14.3 Å². The van der Waals surface area contributed by atoms with E-state index in [2.05, 4.69) is 10.1 Å². The van der Waals surface area contributed by atoms with E-state index in [-0.39, 0.29) is 18.3 Å². The molecule has 7 nitrogen and oxygen atoms in total. The van der Waals surface area contributed by atoms with E-state index in [1.165, 1.54) is 0 Å². The van der Waals surface area contributed by atoms with E-state index in [4.69, 9.17) is 4.74 Å². The van der Waals surface area contributed by atoms with Gasteiger partial charge in [-0.25, -0.2) is 9.50 Å².